The number of rotatable bonds is 13. The van der Waals surface area contributed by atoms with E-state index in [9.17, 15) is 28.8 Å². The minimum absolute atomic E-state index is 0.0256. The number of hydrogen-bond acceptors (Lipinski definition) is 10. The summed E-state index contributed by atoms with van der Waals surface area (Å²) in [5, 5.41) is 32.3. The van der Waals surface area contributed by atoms with Crippen molar-refractivity contribution in [3.8, 4) is 0 Å². The van der Waals surface area contributed by atoms with Crippen molar-refractivity contribution in [1.29, 1.82) is 0 Å². The molecule has 33 heavy (non-hydrogen) atoms. The van der Waals surface area contributed by atoms with Crippen molar-refractivity contribution in [3.63, 3.8) is 0 Å². The number of aliphatic carboxylic acids is 3. The Balaban J connectivity index is 0. The molecular weight excluding hydrogens is 500 g/mol. The maximum atomic E-state index is 11.5. The van der Waals surface area contributed by atoms with Crippen LogP contribution in [0.3, 0.4) is 0 Å². The minimum Gasteiger partial charge on any atom is -0.480 e. The van der Waals surface area contributed by atoms with Gasteiger partial charge in [-0.3, -0.25) is 24.0 Å². The minimum atomic E-state index is -1.22. The van der Waals surface area contributed by atoms with Crippen LogP contribution in [0.4, 0.5) is 0 Å². The van der Waals surface area contributed by atoms with Crippen molar-refractivity contribution in [2.75, 3.05) is 18.1 Å². The molecular formula is C17H30N4O9S3. The number of hydrogen-bond donors (Lipinski definition) is 10. The second-order valence-electron chi connectivity index (χ2n) is 7.00. The molecule has 16 heteroatoms. The van der Waals surface area contributed by atoms with E-state index in [1.54, 1.807) is 13.8 Å². The van der Waals surface area contributed by atoms with E-state index in [-0.39, 0.29) is 24.3 Å². The predicted molar refractivity (Wildman–Crippen MR) is 128 cm³/mol. The maximum absolute atomic E-state index is 11.5. The number of thiol groups is 3. The molecule has 0 radical (unpaired) electrons. The van der Waals surface area contributed by atoms with Gasteiger partial charge in [-0.25, -0.2) is 4.79 Å². The Morgan fingerprint density at radius 3 is 1.79 bits per heavy atom. The average molecular weight is 531 g/mol. The number of carboxylic acids is 3. The molecule has 0 unspecified atom stereocenters. The number of carboxylic acid groups (broad SMARTS) is 3. The van der Waals surface area contributed by atoms with Crippen LogP contribution in [0.1, 0.15) is 26.7 Å². The molecule has 0 aliphatic rings. The Hall–Kier alpha value is -2.17. The van der Waals surface area contributed by atoms with Gasteiger partial charge in [0.25, 0.3) is 0 Å². The fourth-order valence-electron chi connectivity index (χ4n) is 1.68. The van der Waals surface area contributed by atoms with Gasteiger partial charge >= 0.3 is 17.9 Å². The molecule has 0 aromatic carbocycles. The standard InChI is InChI=1S/C10H17N3O6S.C7H13NO3S2/c11-5(10(18)19)1-2-7(14)13-6(4-20)9(17)12-3-8(15)16;1-7(2,13)6(11)8-4(3-12)5(9)10/h5-6,20H,1-4,11H2,(H,12,17)(H,13,14)(H,15,16)(H,18,19);4,12-13H,3H2,1-2H3,(H,8,11)(H,9,10)/t5-,6-;4-/m00/s1. The van der Waals surface area contributed by atoms with Crippen LogP contribution in [0, 0.1) is 0 Å². The molecule has 0 rings (SSSR count). The van der Waals surface area contributed by atoms with Crippen molar-refractivity contribution in [1.82, 2.24) is 16.0 Å². The summed E-state index contributed by atoms with van der Waals surface area (Å²) in [6.45, 7) is 2.61. The van der Waals surface area contributed by atoms with E-state index in [0.717, 1.165) is 0 Å². The Bertz CT molecular complexity index is 716. The maximum Gasteiger partial charge on any atom is 0.327 e. The zero-order valence-electron chi connectivity index (χ0n) is 18.0. The molecule has 0 aromatic rings. The Morgan fingerprint density at radius 1 is 0.909 bits per heavy atom. The summed E-state index contributed by atoms with van der Waals surface area (Å²) in [6.07, 6.45) is -0.235. The molecule has 3 amide bonds. The van der Waals surface area contributed by atoms with E-state index < -0.39 is 65.0 Å². The van der Waals surface area contributed by atoms with E-state index in [0.29, 0.717) is 0 Å². The first-order valence-electron chi connectivity index (χ1n) is 9.31. The molecule has 0 saturated heterocycles. The zero-order chi connectivity index (χ0) is 26.4. The SMILES string of the molecule is CC(C)(S)C(=O)N[C@@H](CS)C(=O)O.N[C@@H](CCC(=O)N[C@@H](CS)C(=O)NCC(=O)O)C(=O)O. The van der Waals surface area contributed by atoms with Crippen LogP contribution in [0.15, 0.2) is 0 Å². The quantitative estimate of drug-likeness (QED) is 0.118. The van der Waals surface area contributed by atoms with Gasteiger partial charge in [0.15, 0.2) is 0 Å². The van der Waals surface area contributed by atoms with E-state index in [1.165, 1.54) is 0 Å². The lowest BCUT2D eigenvalue weighted by Crippen LogP contribution is -2.49. The first kappa shape index (κ1) is 33.0. The summed E-state index contributed by atoms with van der Waals surface area (Å²) in [7, 11) is 0. The third-order valence-electron chi connectivity index (χ3n) is 3.59. The van der Waals surface area contributed by atoms with Gasteiger partial charge in [0, 0.05) is 17.9 Å². The normalized spacial score (nSPS) is 13.3. The molecule has 13 nitrogen and oxygen atoms in total. The van der Waals surface area contributed by atoms with E-state index in [1.807, 2.05) is 0 Å². The van der Waals surface area contributed by atoms with Crippen LogP contribution < -0.4 is 21.7 Å². The van der Waals surface area contributed by atoms with Crippen molar-refractivity contribution < 1.29 is 44.1 Å². The molecule has 3 atom stereocenters. The fraction of sp³-hybridized carbons (Fsp3) is 0.647. The van der Waals surface area contributed by atoms with Gasteiger partial charge in [0.1, 0.15) is 24.7 Å². The summed E-state index contributed by atoms with van der Waals surface area (Å²) < 4.78 is -0.878. The van der Waals surface area contributed by atoms with Crippen LogP contribution in [-0.2, 0) is 28.8 Å². The van der Waals surface area contributed by atoms with Crippen LogP contribution in [-0.4, -0.2) is 91.9 Å². The van der Waals surface area contributed by atoms with Gasteiger partial charge in [-0.05, 0) is 20.3 Å². The van der Waals surface area contributed by atoms with Gasteiger partial charge in [-0.15, -0.1) is 0 Å². The first-order chi connectivity index (χ1) is 15.1. The second kappa shape index (κ2) is 16.4. The first-order valence-corrected chi connectivity index (χ1v) is 11.0. The van der Waals surface area contributed by atoms with E-state index in [4.69, 9.17) is 21.1 Å². The summed E-state index contributed by atoms with van der Waals surface area (Å²) in [5.41, 5.74) is 5.23. The molecule has 8 N–H and O–H groups in total. The Labute approximate surface area is 206 Å². The van der Waals surface area contributed by atoms with Crippen LogP contribution in [0.5, 0.6) is 0 Å². The largest absolute Gasteiger partial charge is 0.480 e. The molecule has 0 aliphatic carbocycles. The topological polar surface area (TPSA) is 225 Å². The smallest absolute Gasteiger partial charge is 0.327 e. The van der Waals surface area contributed by atoms with Crippen molar-refractivity contribution in [2.45, 2.75) is 49.6 Å². The number of amides is 3. The van der Waals surface area contributed by atoms with Gasteiger partial charge in [-0.2, -0.15) is 37.9 Å². The molecule has 0 aromatic heterocycles. The molecule has 0 saturated carbocycles. The highest BCUT2D eigenvalue weighted by atomic mass is 32.1. The van der Waals surface area contributed by atoms with Crippen molar-refractivity contribution in [2.24, 2.45) is 5.73 Å². The van der Waals surface area contributed by atoms with E-state index in [2.05, 4.69) is 53.8 Å². The van der Waals surface area contributed by atoms with Crippen molar-refractivity contribution in [3.05, 3.63) is 0 Å². The lowest BCUT2D eigenvalue weighted by atomic mass is 10.1. The molecule has 0 spiro atoms. The number of carbonyl (C=O) groups is 6. The van der Waals surface area contributed by atoms with E-state index >= 15 is 0 Å². The van der Waals surface area contributed by atoms with Gasteiger partial charge in [0.05, 0.1) is 4.75 Å². The van der Waals surface area contributed by atoms with Crippen LogP contribution in [0.25, 0.3) is 0 Å². The summed E-state index contributed by atoms with van der Waals surface area (Å²) >= 11 is 11.7. The lowest BCUT2D eigenvalue weighted by Gasteiger charge is -2.19. The predicted octanol–water partition coefficient (Wildman–Crippen LogP) is -2.01. The molecule has 0 aliphatic heterocycles. The third kappa shape index (κ3) is 16.1. The zero-order valence-corrected chi connectivity index (χ0v) is 20.7. The lowest BCUT2D eigenvalue weighted by molar-refractivity contribution is -0.141. The van der Waals surface area contributed by atoms with Gasteiger partial charge in [0.2, 0.25) is 17.7 Å². The van der Waals surface area contributed by atoms with Crippen molar-refractivity contribution >= 4 is 73.5 Å². The highest BCUT2D eigenvalue weighted by Gasteiger charge is 2.27. The Morgan fingerprint density at radius 2 is 1.42 bits per heavy atom. The number of carbonyl (C=O) groups excluding carboxylic acids is 3. The highest BCUT2D eigenvalue weighted by molar-refractivity contribution is 7.82. The van der Waals surface area contributed by atoms with Crippen LogP contribution in [0.2, 0.25) is 0 Å². The third-order valence-corrected chi connectivity index (χ3v) is 4.52. The molecule has 0 heterocycles. The highest BCUT2D eigenvalue weighted by Crippen LogP contribution is 2.11. The fourth-order valence-corrected chi connectivity index (χ4v) is 2.25. The van der Waals surface area contributed by atoms with Gasteiger partial charge in [-0.1, -0.05) is 0 Å². The Kier molecular flexibility index (Phi) is 16.4. The summed E-state index contributed by atoms with van der Waals surface area (Å²) in [6, 6.07) is -3.11. The van der Waals surface area contributed by atoms with Crippen LogP contribution >= 0.6 is 37.9 Å². The summed E-state index contributed by atoms with van der Waals surface area (Å²) in [4.78, 5) is 65.5. The molecule has 0 bridgehead atoms. The van der Waals surface area contributed by atoms with Gasteiger partial charge < -0.3 is 37.0 Å². The molecule has 0 fully saturated rings. The second-order valence-corrected chi connectivity index (χ2v) is 8.85. The summed E-state index contributed by atoms with van der Waals surface area (Å²) in [5.74, 6) is -5.16. The number of nitrogens with one attached hydrogen (secondary N) is 3. The number of nitrogens with two attached hydrogens (primary N) is 1. The monoisotopic (exact) mass is 530 g/mol. The molecule has 190 valence electrons. The average Bonchev–Trinajstić information content (AvgIpc) is 2.71.